The molecule has 0 radical (unpaired) electrons. The average Bonchev–Trinajstić information content (AvgIpc) is 2.94. The number of carboxylic acids is 1. The van der Waals surface area contributed by atoms with E-state index >= 15 is 0 Å². The van der Waals surface area contributed by atoms with Crippen molar-refractivity contribution < 1.29 is 14.7 Å². The monoisotopic (exact) mass is 247 g/mol. The molecule has 2 N–H and O–H groups in total. The predicted molar refractivity (Wildman–Crippen MR) is 66.4 cm³/mol. The SMILES string of the molecule is CC#CCCNC(=O)C1C2C=CC(C2)C1C(=O)O. The van der Waals surface area contributed by atoms with E-state index in [0.717, 1.165) is 6.42 Å². The molecule has 18 heavy (non-hydrogen) atoms. The number of allylic oxidation sites excluding steroid dienone is 2. The Hall–Kier alpha value is -1.76. The van der Waals surface area contributed by atoms with Crippen molar-refractivity contribution >= 4 is 11.9 Å². The van der Waals surface area contributed by atoms with Crippen LogP contribution in [0.1, 0.15) is 19.8 Å². The van der Waals surface area contributed by atoms with E-state index in [2.05, 4.69) is 17.2 Å². The average molecular weight is 247 g/mol. The van der Waals surface area contributed by atoms with Crippen LogP contribution in [0.15, 0.2) is 12.2 Å². The van der Waals surface area contributed by atoms with Gasteiger partial charge in [-0.3, -0.25) is 9.59 Å². The maximum Gasteiger partial charge on any atom is 0.307 e. The first-order valence-corrected chi connectivity index (χ1v) is 6.23. The molecule has 2 bridgehead atoms. The number of fused-ring (bicyclic) bond motifs is 2. The summed E-state index contributed by atoms with van der Waals surface area (Å²) in [6.45, 7) is 2.24. The molecule has 4 atom stereocenters. The first-order chi connectivity index (χ1) is 8.65. The lowest BCUT2D eigenvalue weighted by atomic mass is 9.82. The van der Waals surface area contributed by atoms with Crippen LogP contribution in [-0.2, 0) is 9.59 Å². The number of rotatable bonds is 4. The molecule has 4 nitrogen and oxygen atoms in total. The maximum absolute atomic E-state index is 12.1. The van der Waals surface area contributed by atoms with Crippen molar-refractivity contribution in [3.05, 3.63) is 12.2 Å². The molecule has 1 amide bonds. The van der Waals surface area contributed by atoms with Gasteiger partial charge in [0.25, 0.3) is 0 Å². The van der Waals surface area contributed by atoms with Gasteiger partial charge in [0.15, 0.2) is 0 Å². The molecule has 0 spiro atoms. The topological polar surface area (TPSA) is 66.4 Å². The zero-order chi connectivity index (χ0) is 13.1. The minimum absolute atomic E-state index is 0.0266. The van der Waals surface area contributed by atoms with E-state index in [1.165, 1.54) is 0 Å². The predicted octanol–water partition coefficient (Wildman–Crippen LogP) is 1.04. The van der Waals surface area contributed by atoms with Crippen molar-refractivity contribution in [2.24, 2.45) is 23.7 Å². The van der Waals surface area contributed by atoms with Crippen LogP contribution in [0.2, 0.25) is 0 Å². The zero-order valence-electron chi connectivity index (χ0n) is 10.3. The Morgan fingerprint density at radius 1 is 1.33 bits per heavy atom. The van der Waals surface area contributed by atoms with Gasteiger partial charge in [0.2, 0.25) is 5.91 Å². The molecule has 2 aliphatic carbocycles. The number of carbonyl (C=O) groups is 2. The number of nitrogens with one attached hydrogen (secondary N) is 1. The molecule has 4 heteroatoms. The van der Waals surface area contributed by atoms with E-state index in [0.29, 0.717) is 13.0 Å². The van der Waals surface area contributed by atoms with Gasteiger partial charge in [0, 0.05) is 13.0 Å². The van der Waals surface area contributed by atoms with E-state index < -0.39 is 17.8 Å². The number of aliphatic carboxylic acids is 1. The van der Waals surface area contributed by atoms with E-state index in [9.17, 15) is 14.7 Å². The van der Waals surface area contributed by atoms with Gasteiger partial charge in [-0.1, -0.05) is 12.2 Å². The third kappa shape index (κ3) is 2.26. The van der Waals surface area contributed by atoms with Crippen molar-refractivity contribution in [2.45, 2.75) is 19.8 Å². The molecule has 2 rings (SSSR count). The standard InChI is InChI=1S/C14H17NO3/c1-2-3-4-7-15-13(16)11-9-5-6-10(8-9)12(11)14(17)18/h5-6,9-12H,4,7-8H2,1H3,(H,15,16)(H,17,18). The lowest BCUT2D eigenvalue weighted by Gasteiger charge is -2.23. The van der Waals surface area contributed by atoms with E-state index in [4.69, 9.17) is 0 Å². The van der Waals surface area contributed by atoms with Gasteiger partial charge in [0.05, 0.1) is 11.8 Å². The molecular weight excluding hydrogens is 230 g/mol. The molecule has 0 saturated heterocycles. The van der Waals surface area contributed by atoms with Crippen molar-refractivity contribution in [2.75, 3.05) is 6.54 Å². The number of amides is 1. The molecular formula is C14H17NO3. The van der Waals surface area contributed by atoms with Crippen LogP contribution >= 0.6 is 0 Å². The lowest BCUT2D eigenvalue weighted by Crippen LogP contribution is -2.40. The number of carboxylic acid groups (broad SMARTS) is 1. The van der Waals surface area contributed by atoms with Crippen molar-refractivity contribution in [1.82, 2.24) is 5.32 Å². The quantitative estimate of drug-likeness (QED) is 0.443. The fraction of sp³-hybridized carbons (Fsp3) is 0.571. The van der Waals surface area contributed by atoms with E-state index in [-0.39, 0.29) is 17.7 Å². The van der Waals surface area contributed by atoms with Gasteiger partial charge in [-0.05, 0) is 25.2 Å². The third-order valence-corrected chi connectivity index (χ3v) is 3.77. The lowest BCUT2D eigenvalue weighted by molar-refractivity contribution is -0.147. The Morgan fingerprint density at radius 2 is 2.00 bits per heavy atom. The van der Waals surface area contributed by atoms with Crippen molar-refractivity contribution in [3.8, 4) is 11.8 Å². The summed E-state index contributed by atoms with van der Waals surface area (Å²) in [4.78, 5) is 23.3. The van der Waals surface area contributed by atoms with Crippen LogP contribution in [0.5, 0.6) is 0 Å². The summed E-state index contributed by atoms with van der Waals surface area (Å²) in [5, 5.41) is 12.0. The van der Waals surface area contributed by atoms with Gasteiger partial charge in [0.1, 0.15) is 0 Å². The van der Waals surface area contributed by atoms with Gasteiger partial charge >= 0.3 is 5.97 Å². The second kappa shape index (κ2) is 5.26. The molecule has 1 saturated carbocycles. The number of hydrogen-bond acceptors (Lipinski definition) is 2. The van der Waals surface area contributed by atoms with Gasteiger partial charge in [-0.15, -0.1) is 11.8 Å². The normalized spacial score (nSPS) is 31.8. The van der Waals surface area contributed by atoms with Crippen LogP contribution in [-0.4, -0.2) is 23.5 Å². The molecule has 4 unspecified atom stereocenters. The summed E-state index contributed by atoms with van der Waals surface area (Å²) in [5.41, 5.74) is 0. The zero-order valence-corrected chi connectivity index (χ0v) is 10.3. The van der Waals surface area contributed by atoms with Gasteiger partial charge < -0.3 is 10.4 Å². The maximum atomic E-state index is 12.1. The Bertz CT molecular complexity index is 444. The van der Waals surface area contributed by atoms with Crippen LogP contribution in [0, 0.1) is 35.5 Å². The molecule has 0 aromatic carbocycles. The highest BCUT2D eigenvalue weighted by molar-refractivity contribution is 5.86. The molecule has 0 heterocycles. The summed E-state index contributed by atoms with van der Waals surface area (Å²) in [6, 6.07) is 0. The second-order valence-corrected chi connectivity index (χ2v) is 4.81. The largest absolute Gasteiger partial charge is 0.481 e. The Kier molecular flexibility index (Phi) is 3.71. The minimum atomic E-state index is -0.861. The fourth-order valence-corrected chi connectivity index (χ4v) is 3.01. The fourth-order valence-electron chi connectivity index (χ4n) is 3.01. The van der Waals surface area contributed by atoms with E-state index in [1.54, 1.807) is 6.92 Å². The van der Waals surface area contributed by atoms with E-state index in [1.807, 2.05) is 12.2 Å². The summed E-state index contributed by atoms with van der Waals surface area (Å²) < 4.78 is 0. The Labute approximate surface area is 106 Å². The first-order valence-electron chi connectivity index (χ1n) is 6.23. The molecule has 0 aromatic heterocycles. The first kappa shape index (κ1) is 12.7. The van der Waals surface area contributed by atoms with Crippen LogP contribution in [0.25, 0.3) is 0 Å². The smallest absolute Gasteiger partial charge is 0.307 e. The molecule has 96 valence electrons. The highest BCUT2D eigenvalue weighted by Crippen LogP contribution is 2.48. The minimum Gasteiger partial charge on any atom is -0.481 e. The van der Waals surface area contributed by atoms with Crippen LogP contribution < -0.4 is 5.32 Å². The van der Waals surface area contributed by atoms with Crippen molar-refractivity contribution in [3.63, 3.8) is 0 Å². The molecule has 0 aliphatic heterocycles. The highest BCUT2D eigenvalue weighted by atomic mass is 16.4. The number of hydrogen-bond donors (Lipinski definition) is 2. The summed E-state index contributed by atoms with van der Waals surface area (Å²) in [5.74, 6) is 3.77. The molecule has 2 aliphatic rings. The van der Waals surface area contributed by atoms with Gasteiger partial charge in [-0.25, -0.2) is 0 Å². The summed E-state index contributed by atoms with van der Waals surface area (Å²) >= 11 is 0. The second-order valence-electron chi connectivity index (χ2n) is 4.81. The van der Waals surface area contributed by atoms with Crippen LogP contribution in [0.4, 0.5) is 0 Å². The molecule has 0 aromatic rings. The van der Waals surface area contributed by atoms with Crippen molar-refractivity contribution in [1.29, 1.82) is 0 Å². The Balaban J connectivity index is 1.98. The molecule has 1 fully saturated rings. The van der Waals surface area contributed by atoms with Crippen LogP contribution in [0.3, 0.4) is 0 Å². The number of carbonyl (C=O) groups excluding carboxylic acids is 1. The highest BCUT2D eigenvalue weighted by Gasteiger charge is 2.51. The van der Waals surface area contributed by atoms with Gasteiger partial charge in [-0.2, -0.15) is 0 Å². The summed E-state index contributed by atoms with van der Waals surface area (Å²) in [7, 11) is 0. The third-order valence-electron chi connectivity index (χ3n) is 3.77. The Morgan fingerprint density at radius 3 is 2.61 bits per heavy atom. The summed E-state index contributed by atoms with van der Waals surface area (Å²) in [6.07, 6.45) is 5.33.